The van der Waals surface area contributed by atoms with Crippen LogP contribution in [0.2, 0.25) is 0 Å². The molecular weight excluding hydrogens is 471 g/mol. The average molecular weight is 499 g/mol. The van der Waals surface area contributed by atoms with E-state index in [4.69, 9.17) is 24.0 Å². The summed E-state index contributed by atoms with van der Waals surface area (Å²) in [5.41, 5.74) is 3.08. The molecule has 0 saturated carbocycles. The fourth-order valence-corrected chi connectivity index (χ4v) is 4.06. The lowest BCUT2D eigenvalue weighted by atomic mass is 10.1. The van der Waals surface area contributed by atoms with Gasteiger partial charge in [-0.2, -0.15) is 5.10 Å². The van der Waals surface area contributed by atoms with Crippen LogP contribution in [-0.4, -0.2) is 34.0 Å². The lowest BCUT2D eigenvalue weighted by Gasteiger charge is -2.11. The van der Waals surface area contributed by atoms with Gasteiger partial charge < -0.3 is 13.9 Å². The van der Waals surface area contributed by atoms with Crippen molar-refractivity contribution in [2.24, 2.45) is 0 Å². The van der Waals surface area contributed by atoms with Crippen LogP contribution >= 0.6 is 0 Å². The van der Waals surface area contributed by atoms with E-state index in [1.807, 2.05) is 59.3 Å². The molecule has 5 aromatic rings. The largest absolute Gasteiger partial charge is 0.497 e. The van der Waals surface area contributed by atoms with Crippen LogP contribution in [0.4, 0.5) is 4.39 Å². The number of ether oxygens (including phenoxy) is 2. The number of oxazole rings is 1. The number of hydrogen-bond acceptors (Lipinski definition) is 6. The van der Waals surface area contributed by atoms with E-state index >= 15 is 0 Å². The van der Waals surface area contributed by atoms with Crippen LogP contribution in [0.1, 0.15) is 22.8 Å². The molecule has 188 valence electrons. The zero-order chi connectivity index (χ0) is 25.8. The Morgan fingerprint density at radius 1 is 0.919 bits per heavy atom. The molecule has 37 heavy (non-hydrogen) atoms. The predicted molar refractivity (Wildman–Crippen MR) is 138 cm³/mol. The summed E-state index contributed by atoms with van der Waals surface area (Å²) in [4.78, 5) is 9.21. The Hall–Kier alpha value is -4.46. The predicted octanol–water partition coefficient (Wildman–Crippen LogP) is 5.90. The van der Waals surface area contributed by atoms with Gasteiger partial charge in [-0.1, -0.05) is 42.5 Å². The van der Waals surface area contributed by atoms with Crippen molar-refractivity contribution >= 4 is 0 Å². The van der Waals surface area contributed by atoms with E-state index < -0.39 is 0 Å². The van der Waals surface area contributed by atoms with Gasteiger partial charge >= 0.3 is 0 Å². The maximum atomic E-state index is 14.3. The van der Waals surface area contributed by atoms with Crippen molar-refractivity contribution in [3.8, 4) is 34.2 Å². The van der Waals surface area contributed by atoms with Crippen molar-refractivity contribution < 1.29 is 18.3 Å². The maximum Gasteiger partial charge on any atom is 0.195 e. The van der Waals surface area contributed by atoms with E-state index in [2.05, 4.69) is 4.98 Å². The Labute approximate surface area is 214 Å². The zero-order valence-corrected chi connectivity index (χ0v) is 20.9. The third-order valence-electron chi connectivity index (χ3n) is 6.17. The van der Waals surface area contributed by atoms with E-state index in [-0.39, 0.29) is 5.82 Å². The SMILES string of the molecule is COc1ccc(Cn2nc(-c3ccc(C)c(F)c3)nc2CCc2ncc(-c3ccccc3)o2)c(OC)c1. The highest BCUT2D eigenvalue weighted by Gasteiger charge is 2.17. The van der Waals surface area contributed by atoms with Crippen LogP contribution < -0.4 is 9.47 Å². The molecule has 0 atom stereocenters. The van der Waals surface area contributed by atoms with Crippen molar-refractivity contribution in [2.45, 2.75) is 26.3 Å². The Morgan fingerprint density at radius 2 is 1.76 bits per heavy atom. The number of nitrogens with zero attached hydrogens (tertiary/aromatic N) is 4. The van der Waals surface area contributed by atoms with Gasteiger partial charge in [0.05, 0.1) is 27.0 Å². The van der Waals surface area contributed by atoms with Crippen molar-refractivity contribution in [2.75, 3.05) is 14.2 Å². The molecule has 0 spiro atoms. The molecule has 3 aromatic carbocycles. The fourth-order valence-electron chi connectivity index (χ4n) is 4.06. The second kappa shape index (κ2) is 10.7. The fraction of sp³-hybridized carbons (Fsp3) is 0.207. The lowest BCUT2D eigenvalue weighted by Crippen LogP contribution is -2.09. The number of methoxy groups -OCH3 is 2. The summed E-state index contributed by atoms with van der Waals surface area (Å²) in [6, 6.07) is 20.5. The number of rotatable bonds is 9. The molecule has 2 heterocycles. The number of hydrogen-bond donors (Lipinski definition) is 0. The zero-order valence-electron chi connectivity index (χ0n) is 20.9. The molecular formula is C29H27FN4O3. The second-order valence-corrected chi connectivity index (χ2v) is 8.64. The number of aryl methyl sites for hydroxylation is 3. The third-order valence-corrected chi connectivity index (χ3v) is 6.17. The summed E-state index contributed by atoms with van der Waals surface area (Å²) >= 11 is 0. The minimum Gasteiger partial charge on any atom is -0.497 e. The van der Waals surface area contributed by atoms with Crippen molar-refractivity contribution in [1.29, 1.82) is 0 Å². The molecule has 0 amide bonds. The molecule has 5 rings (SSSR count). The van der Waals surface area contributed by atoms with E-state index in [1.54, 1.807) is 33.4 Å². The highest BCUT2D eigenvalue weighted by atomic mass is 19.1. The van der Waals surface area contributed by atoms with Gasteiger partial charge in [0.2, 0.25) is 0 Å². The summed E-state index contributed by atoms with van der Waals surface area (Å²) in [6.07, 6.45) is 2.81. The normalized spacial score (nSPS) is 11.0. The van der Waals surface area contributed by atoms with Crippen molar-refractivity contribution in [3.63, 3.8) is 0 Å². The summed E-state index contributed by atoms with van der Waals surface area (Å²) in [7, 11) is 3.23. The molecule has 0 saturated heterocycles. The maximum absolute atomic E-state index is 14.3. The van der Waals surface area contributed by atoms with Gasteiger partial charge in [0, 0.05) is 35.6 Å². The van der Waals surface area contributed by atoms with Gasteiger partial charge in [0.25, 0.3) is 0 Å². The Kier molecular flexibility index (Phi) is 6.98. The molecule has 0 radical (unpaired) electrons. The quantitative estimate of drug-likeness (QED) is 0.252. The van der Waals surface area contributed by atoms with E-state index in [9.17, 15) is 4.39 Å². The van der Waals surface area contributed by atoms with Crippen LogP contribution in [0, 0.1) is 12.7 Å². The molecule has 8 heteroatoms. The molecule has 0 aliphatic heterocycles. The van der Waals surface area contributed by atoms with E-state index in [1.165, 1.54) is 6.07 Å². The van der Waals surface area contributed by atoms with Gasteiger partial charge in [-0.3, -0.25) is 0 Å². The highest BCUT2D eigenvalue weighted by Crippen LogP contribution is 2.27. The summed E-state index contributed by atoms with van der Waals surface area (Å²) in [5, 5.41) is 4.73. The number of halogens is 1. The topological polar surface area (TPSA) is 75.2 Å². The van der Waals surface area contributed by atoms with Gasteiger partial charge in [0.1, 0.15) is 23.1 Å². The summed E-state index contributed by atoms with van der Waals surface area (Å²) < 4.78 is 33.0. The van der Waals surface area contributed by atoms with Gasteiger partial charge in [-0.15, -0.1) is 0 Å². The molecule has 2 aromatic heterocycles. The van der Waals surface area contributed by atoms with Crippen LogP contribution in [0.5, 0.6) is 11.5 Å². The molecule has 0 bridgehead atoms. The molecule has 0 fully saturated rings. The van der Waals surface area contributed by atoms with Crippen LogP contribution in [0.25, 0.3) is 22.7 Å². The van der Waals surface area contributed by atoms with E-state index in [0.29, 0.717) is 53.7 Å². The average Bonchev–Trinajstić information content (AvgIpc) is 3.57. The van der Waals surface area contributed by atoms with E-state index in [0.717, 1.165) is 22.7 Å². The van der Waals surface area contributed by atoms with Crippen molar-refractivity contribution in [1.82, 2.24) is 19.7 Å². The highest BCUT2D eigenvalue weighted by molar-refractivity contribution is 5.56. The Morgan fingerprint density at radius 3 is 2.51 bits per heavy atom. The van der Waals surface area contributed by atoms with Crippen molar-refractivity contribution in [3.05, 3.63) is 102 Å². The third kappa shape index (κ3) is 5.38. The number of benzene rings is 3. The first-order valence-corrected chi connectivity index (χ1v) is 12.0. The standard InChI is InChI=1S/C29H27FN4O3/c1-19-9-10-21(15-24(19)30)29-32-27(13-14-28-31-17-26(37-28)20-7-5-4-6-8-20)34(33-29)18-22-11-12-23(35-2)16-25(22)36-3/h4-12,15-17H,13-14,18H2,1-3H3. The smallest absolute Gasteiger partial charge is 0.195 e. The van der Waals surface area contributed by atoms with Crippen LogP contribution in [-0.2, 0) is 19.4 Å². The van der Waals surface area contributed by atoms with Gasteiger partial charge in [-0.25, -0.2) is 19.0 Å². The summed E-state index contributed by atoms with van der Waals surface area (Å²) in [5.74, 6) is 3.61. The molecule has 0 unspecified atom stereocenters. The Bertz CT molecular complexity index is 1510. The van der Waals surface area contributed by atoms with Crippen LogP contribution in [0.15, 0.2) is 77.3 Å². The minimum atomic E-state index is -0.291. The first-order valence-electron chi connectivity index (χ1n) is 12.0. The van der Waals surface area contributed by atoms with Crippen LogP contribution in [0.3, 0.4) is 0 Å². The van der Waals surface area contributed by atoms with Gasteiger partial charge in [0.15, 0.2) is 17.5 Å². The molecule has 0 N–H and O–H groups in total. The molecule has 0 aliphatic carbocycles. The molecule has 7 nitrogen and oxygen atoms in total. The van der Waals surface area contributed by atoms with Gasteiger partial charge in [-0.05, 0) is 30.7 Å². The first kappa shape index (κ1) is 24.2. The number of aromatic nitrogens is 4. The minimum absolute atomic E-state index is 0.291. The molecule has 0 aliphatic rings. The first-order chi connectivity index (χ1) is 18.0. The Balaban J connectivity index is 1.44. The lowest BCUT2D eigenvalue weighted by molar-refractivity contribution is 0.389. The summed E-state index contributed by atoms with van der Waals surface area (Å²) in [6.45, 7) is 2.15. The second-order valence-electron chi connectivity index (χ2n) is 8.64. The monoisotopic (exact) mass is 498 g/mol.